The highest BCUT2D eigenvalue weighted by atomic mass is 17.1. The van der Waals surface area contributed by atoms with E-state index in [0.717, 1.165) is 11.1 Å². The van der Waals surface area contributed by atoms with E-state index >= 15 is 0 Å². The predicted octanol–water partition coefficient (Wildman–Crippen LogP) is 1.35. The van der Waals surface area contributed by atoms with Gasteiger partial charge in [-0.25, -0.2) is 4.89 Å². The van der Waals surface area contributed by atoms with E-state index in [1.165, 1.54) is 0 Å². The van der Waals surface area contributed by atoms with Gasteiger partial charge in [0.25, 0.3) is 0 Å². The molecule has 0 aliphatic rings. The maximum atomic E-state index is 10.4. The van der Waals surface area contributed by atoms with Crippen LogP contribution in [0.5, 0.6) is 0 Å². The van der Waals surface area contributed by atoms with Crippen LogP contribution in [0.15, 0.2) is 24.3 Å². The molecule has 2 N–H and O–H groups in total. The summed E-state index contributed by atoms with van der Waals surface area (Å²) in [6.07, 6.45) is 0.653. The van der Waals surface area contributed by atoms with E-state index in [1.54, 1.807) is 12.1 Å². The van der Waals surface area contributed by atoms with Gasteiger partial charge in [0.2, 0.25) is 0 Å². The highest BCUT2D eigenvalue weighted by molar-refractivity contribution is 5.70. The molecule has 4 nitrogen and oxygen atoms in total. The van der Waals surface area contributed by atoms with Gasteiger partial charge in [-0.3, -0.25) is 10.1 Å². The first kappa shape index (κ1) is 10.7. The standard InChI is InChI=1S/C10H12O4/c11-10(12)7-9-3-1-8(2-4-9)5-6-14-13/h1-4,13H,5-7H2,(H,11,12). The Morgan fingerprint density at radius 1 is 1.21 bits per heavy atom. The lowest BCUT2D eigenvalue weighted by atomic mass is 10.1. The largest absolute Gasteiger partial charge is 0.481 e. The molecule has 1 rings (SSSR count). The predicted molar refractivity (Wildman–Crippen MR) is 50.1 cm³/mol. The monoisotopic (exact) mass is 196 g/mol. The highest BCUT2D eigenvalue weighted by Gasteiger charge is 2.00. The number of rotatable bonds is 5. The van der Waals surface area contributed by atoms with Crippen LogP contribution in [0.25, 0.3) is 0 Å². The van der Waals surface area contributed by atoms with Gasteiger partial charge in [0, 0.05) is 0 Å². The molecule has 0 aliphatic carbocycles. The Hall–Kier alpha value is -1.39. The molecule has 1 aromatic carbocycles. The Kier molecular flexibility index (Phi) is 4.10. The smallest absolute Gasteiger partial charge is 0.307 e. The van der Waals surface area contributed by atoms with Gasteiger partial charge in [0.05, 0.1) is 13.0 Å². The van der Waals surface area contributed by atoms with Crippen LogP contribution in [-0.4, -0.2) is 22.9 Å². The average Bonchev–Trinajstić information content (AvgIpc) is 2.16. The van der Waals surface area contributed by atoms with Crippen molar-refractivity contribution < 1.29 is 20.0 Å². The van der Waals surface area contributed by atoms with Crippen molar-refractivity contribution in [2.24, 2.45) is 0 Å². The molecule has 0 saturated carbocycles. The molecule has 0 fully saturated rings. The number of carboxylic acids is 1. The molecule has 0 unspecified atom stereocenters. The van der Waals surface area contributed by atoms with Crippen molar-refractivity contribution in [1.82, 2.24) is 0 Å². The fourth-order valence-electron chi connectivity index (χ4n) is 1.16. The SMILES string of the molecule is O=C(O)Cc1ccc(CCOO)cc1. The summed E-state index contributed by atoms with van der Waals surface area (Å²) in [6.45, 7) is 0.248. The quantitative estimate of drug-likeness (QED) is 0.551. The molecule has 4 heteroatoms. The van der Waals surface area contributed by atoms with Crippen molar-refractivity contribution in [3.63, 3.8) is 0 Å². The molecule has 14 heavy (non-hydrogen) atoms. The lowest BCUT2D eigenvalue weighted by Gasteiger charge is -2.01. The number of carbonyl (C=O) groups is 1. The van der Waals surface area contributed by atoms with Crippen LogP contribution in [0.2, 0.25) is 0 Å². The zero-order valence-corrected chi connectivity index (χ0v) is 7.64. The van der Waals surface area contributed by atoms with Gasteiger partial charge in [0.1, 0.15) is 0 Å². The van der Waals surface area contributed by atoms with Gasteiger partial charge in [-0.15, -0.1) is 0 Å². The van der Waals surface area contributed by atoms with Crippen molar-refractivity contribution in [2.45, 2.75) is 12.8 Å². The second-order valence-corrected chi connectivity index (χ2v) is 2.97. The van der Waals surface area contributed by atoms with Crippen molar-refractivity contribution in [2.75, 3.05) is 6.61 Å². The second-order valence-electron chi connectivity index (χ2n) is 2.97. The van der Waals surface area contributed by atoms with Crippen molar-refractivity contribution >= 4 is 5.97 Å². The summed E-state index contributed by atoms with van der Waals surface area (Å²) in [6, 6.07) is 7.19. The summed E-state index contributed by atoms with van der Waals surface area (Å²) >= 11 is 0. The van der Waals surface area contributed by atoms with Crippen LogP contribution in [0.1, 0.15) is 11.1 Å². The van der Waals surface area contributed by atoms with E-state index in [0.29, 0.717) is 6.42 Å². The van der Waals surface area contributed by atoms with Crippen LogP contribution < -0.4 is 0 Å². The van der Waals surface area contributed by atoms with Crippen LogP contribution >= 0.6 is 0 Å². The van der Waals surface area contributed by atoms with Crippen molar-refractivity contribution in [3.8, 4) is 0 Å². The summed E-state index contributed by atoms with van der Waals surface area (Å²) in [5, 5.41) is 16.6. The molecule has 0 bridgehead atoms. The Labute approximate surface area is 81.7 Å². The minimum atomic E-state index is -0.837. The fourth-order valence-corrected chi connectivity index (χ4v) is 1.16. The van der Waals surface area contributed by atoms with Crippen LogP contribution in [0, 0.1) is 0 Å². The Morgan fingerprint density at radius 3 is 2.29 bits per heavy atom. The van der Waals surface area contributed by atoms with Crippen LogP contribution in [-0.2, 0) is 22.5 Å². The third-order valence-corrected chi connectivity index (χ3v) is 1.86. The zero-order valence-electron chi connectivity index (χ0n) is 7.64. The topological polar surface area (TPSA) is 66.8 Å². The fraction of sp³-hybridized carbons (Fsp3) is 0.300. The number of hydrogen-bond acceptors (Lipinski definition) is 3. The molecule has 0 atom stereocenters. The van der Waals surface area contributed by atoms with E-state index in [2.05, 4.69) is 4.89 Å². The summed E-state index contributed by atoms with van der Waals surface area (Å²) < 4.78 is 0. The first-order chi connectivity index (χ1) is 6.72. The molecule has 0 aromatic heterocycles. The Balaban J connectivity index is 2.54. The van der Waals surface area contributed by atoms with Gasteiger partial charge in [-0.1, -0.05) is 24.3 Å². The third kappa shape index (κ3) is 3.55. The van der Waals surface area contributed by atoms with Crippen LogP contribution in [0.3, 0.4) is 0 Å². The van der Waals surface area contributed by atoms with Crippen molar-refractivity contribution in [3.05, 3.63) is 35.4 Å². The van der Waals surface area contributed by atoms with Crippen molar-refractivity contribution in [1.29, 1.82) is 0 Å². The second kappa shape index (κ2) is 5.36. The number of carboxylic acid groups (broad SMARTS) is 1. The molecule has 0 radical (unpaired) electrons. The summed E-state index contributed by atoms with van der Waals surface area (Å²) in [7, 11) is 0. The molecule has 0 saturated heterocycles. The molecule has 0 aliphatic heterocycles. The van der Waals surface area contributed by atoms with E-state index in [-0.39, 0.29) is 13.0 Å². The van der Waals surface area contributed by atoms with E-state index in [9.17, 15) is 4.79 Å². The van der Waals surface area contributed by atoms with E-state index in [1.807, 2.05) is 12.1 Å². The summed E-state index contributed by atoms with van der Waals surface area (Å²) in [5.74, 6) is -0.837. The third-order valence-electron chi connectivity index (χ3n) is 1.86. The number of hydrogen-bond donors (Lipinski definition) is 2. The number of aliphatic carboxylic acids is 1. The van der Waals surface area contributed by atoms with E-state index in [4.69, 9.17) is 10.4 Å². The molecular weight excluding hydrogens is 184 g/mol. The minimum absolute atomic E-state index is 0.0385. The van der Waals surface area contributed by atoms with Gasteiger partial charge >= 0.3 is 5.97 Å². The van der Waals surface area contributed by atoms with Gasteiger partial charge < -0.3 is 5.11 Å². The molecule has 0 heterocycles. The molecule has 0 amide bonds. The highest BCUT2D eigenvalue weighted by Crippen LogP contribution is 2.05. The Morgan fingerprint density at radius 2 is 1.79 bits per heavy atom. The van der Waals surface area contributed by atoms with Crippen LogP contribution in [0.4, 0.5) is 0 Å². The minimum Gasteiger partial charge on any atom is -0.481 e. The molecule has 1 aromatic rings. The average molecular weight is 196 g/mol. The van der Waals surface area contributed by atoms with E-state index < -0.39 is 5.97 Å². The molecule has 0 spiro atoms. The lowest BCUT2D eigenvalue weighted by Crippen LogP contribution is -2.00. The van der Waals surface area contributed by atoms with Gasteiger partial charge in [-0.05, 0) is 17.5 Å². The molecule has 76 valence electrons. The first-order valence-corrected chi connectivity index (χ1v) is 4.28. The Bertz CT molecular complexity index is 291. The number of benzene rings is 1. The zero-order chi connectivity index (χ0) is 10.4. The summed E-state index contributed by atoms with van der Waals surface area (Å²) in [4.78, 5) is 14.3. The van der Waals surface area contributed by atoms with Gasteiger partial charge in [-0.2, -0.15) is 0 Å². The first-order valence-electron chi connectivity index (χ1n) is 4.28. The normalized spacial score (nSPS) is 10.1. The molecular formula is C10H12O4. The lowest BCUT2D eigenvalue weighted by molar-refractivity contribution is -0.241. The van der Waals surface area contributed by atoms with Gasteiger partial charge in [0.15, 0.2) is 0 Å². The summed E-state index contributed by atoms with van der Waals surface area (Å²) in [5.41, 5.74) is 1.78. The maximum Gasteiger partial charge on any atom is 0.307 e. The maximum absolute atomic E-state index is 10.4.